The Hall–Kier alpha value is -2.55. The lowest BCUT2D eigenvalue weighted by Crippen LogP contribution is -2.52. The molecule has 0 saturated carbocycles. The van der Waals surface area contributed by atoms with E-state index in [1.54, 1.807) is 0 Å². The van der Waals surface area contributed by atoms with E-state index in [0.717, 1.165) is 18.2 Å². The van der Waals surface area contributed by atoms with Gasteiger partial charge >= 0.3 is 5.97 Å². The van der Waals surface area contributed by atoms with Crippen LogP contribution in [0.3, 0.4) is 0 Å². The number of rotatable bonds is 4. The second-order valence-corrected chi connectivity index (χ2v) is 6.44. The smallest absolute Gasteiger partial charge is 0.313 e. The summed E-state index contributed by atoms with van der Waals surface area (Å²) in [7, 11) is 1.26. The molecule has 3 unspecified atom stereocenters. The molecular formula is C17H18F2N2O5. The standard InChI is InChI=1S/C17H18F2N2O5/c1-17(16(23)20-14-8-25-7-12(14)15(22)24-2)6-13(21-26-17)9-3-10(18)5-11(19)4-9/h3-5,12,14H,6-8H2,1-2H3,(H,20,23). The van der Waals surface area contributed by atoms with Crippen LogP contribution in [0.1, 0.15) is 18.9 Å². The van der Waals surface area contributed by atoms with E-state index in [-0.39, 0.29) is 30.9 Å². The molecule has 7 nitrogen and oxygen atoms in total. The molecule has 3 atom stereocenters. The summed E-state index contributed by atoms with van der Waals surface area (Å²) in [6.45, 7) is 1.83. The number of ether oxygens (including phenoxy) is 2. The lowest BCUT2D eigenvalue weighted by molar-refractivity contribution is -0.147. The second-order valence-electron chi connectivity index (χ2n) is 6.44. The lowest BCUT2D eigenvalue weighted by Gasteiger charge is -2.24. The van der Waals surface area contributed by atoms with Crippen LogP contribution in [-0.4, -0.2) is 49.6 Å². The predicted molar refractivity (Wildman–Crippen MR) is 85.3 cm³/mol. The van der Waals surface area contributed by atoms with Crippen molar-refractivity contribution < 1.29 is 32.7 Å². The Bertz CT molecular complexity index is 749. The molecule has 1 aromatic carbocycles. The molecule has 1 saturated heterocycles. The highest BCUT2D eigenvalue weighted by molar-refractivity contribution is 6.05. The number of halogens is 2. The minimum absolute atomic E-state index is 0.0260. The van der Waals surface area contributed by atoms with E-state index < -0.39 is 41.1 Å². The lowest BCUT2D eigenvalue weighted by atomic mass is 9.94. The third-order valence-corrected chi connectivity index (χ3v) is 4.44. The van der Waals surface area contributed by atoms with Crippen molar-refractivity contribution in [1.29, 1.82) is 0 Å². The first kappa shape index (κ1) is 18.2. The number of hydrogen-bond acceptors (Lipinski definition) is 6. The summed E-state index contributed by atoms with van der Waals surface area (Å²) < 4.78 is 36.7. The maximum Gasteiger partial charge on any atom is 0.313 e. The van der Waals surface area contributed by atoms with Crippen molar-refractivity contribution in [2.24, 2.45) is 11.1 Å². The zero-order valence-electron chi connectivity index (χ0n) is 14.3. The third-order valence-electron chi connectivity index (χ3n) is 4.44. The van der Waals surface area contributed by atoms with Crippen molar-refractivity contribution in [2.45, 2.75) is 25.0 Å². The monoisotopic (exact) mass is 368 g/mol. The van der Waals surface area contributed by atoms with Crippen LogP contribution >= 0.6 is 0 Å². The minimum atomic E-state index is -1.36. The summed E-state index contributed by atoms with van der Waals surface area (Å²) in [5, 5.41) is 6.52. The highest BCUT2D eigenvalue weighted by Crippen LogP contribution is 2.28. The van der Waals surface area contributed by atoms with Crippen LogP contribution in [0.2, 0.25) is 0 Å². The Morgan fingerprint density at radius 3 is 2.62 bits per heavy atom. The summed E-state index contributed by atoms with van der Waals surface area (Å²) >= 11 is 0. The van der Waals surface area contributed by atoms with Crippen LogP contribution in [0.4, 0.5) is 8.78 Å². The molecule has 3 rings (SSSR count). The number of nitrogens with one attached hydrogen (secondary N) is 1. The fourth-order valence-corrected chi connectivity index (χ4v) is 2.94. The number of amides is 1. The number of hydrogen-bond donors (Lipinski definition) is 1. The Kier molecular flexibility index (Phi) is 4.90. The first-order valence-corrected chi connectivity index (χ1v) is 8.00. The van der Waals surface area contributed by atoms with Crippen LogP contribution in [0.5, 0.6) is 0 Å². The highest BCUT2D eigenvalue weighted by Gasteiger charge is 2.45. The van der Waals surface area contributed by atoms with Gasteiger partial charge < -0.3 is 19.6 Å². The Labute approximate surface area is 148 Å². The number of methoxy groups -OCH3 is 1. The van der Waals surface area contributed by atoms with Gasteiger partial charge in [-0.2, -0.15) is 0 Å². The van der Waals surface area contributed by atoms with Crippen molar-refractivity contribution in [3.63, 3.8) is 0 Å². The molecule has 1 aromatic rings. The first-order chi connectivity index (χ1) is 12.3. The van der Waals surface area contributed by atoms with Crippen LogP contribution in [0, 0.1) is 17.6 Å². The van der Waals surface area contributed by atoms with Gasteiger partial charge in [-0.05, 0) is 19.1 Å². The van der Waals surface area contributed by atoms with E-state index in [0.29, 0.717) is 0 Å². The normalized spacial score (nSPS) is 27.6. The molecule has 0 aliphatic carbocycles. The van der Waals surface area contributed by atoms with Crippen molar-refractivity contribution in [1.82, 2.24) is 5.32 Å². The average Bonchev–Trinajstić information content (AvgIpc) is 3.21. The van der Waals surface area contributed by atoms with Gasteiger partial charge in [0.25, 0.3) is 5.91 Å². The molecule has 0 radical (unpaired) electrons. The average molecular weight is 368 g/mol. The topological polar surface area (TPSA) is 86.2 Å². The number of oxime groups is 1. The Morgan fingerprint density at radius 2 is 1.96 bits per heavy atom. The number of esters is 1. The molecule has 0 aromatic heterocycles. The molecule has 2 aliphatic heterocycles. The van der Waals surface area contributed by atoms with E-state index in [4.69, 9.17) is 14.3 Å². The number of carbonyl (C=O) groups is 2. The molecule has 2 heterocycles. The van der Waals surface area contributed by atoms with Gasteiger partial charge in [0.15, 0.2) is 0 Å². The van der Waals surface area contributed by atoms with E-state index in [2.05, 4.69) is 10.5 Å². The van der Waals surface area contributed by atoms with Crippen molar-refractivity contribution in [3.8, 4) is 0 Å². The van der Waals surface area contributed by atoms with Crippen molar-refractivity contribution in [3.05, 3.63) is 35.4 Å². The molecule has 9 heteroatoms. The summed E-state index contributed by atoms with van der Waals surface area (Å²) in [5.74, 6) is -3.07. The van der Waals surface area contributed by atoms with Crippen LogP contribution in [-0.2, 0) is 23.9 Å². The van der Waals surface area contributed by atoms with E-state index in [1.165, 1.54) is 14.0 Å². The summed E-state index contributed by atoms with van der Waals surface area (Å²) in [6.07, 6.45) is 0.0260. The fraction of sp³-hybridized carbons (Fsp3) is 0.471. The zero-order chi connectivity index (χ0) is 18.9. The van der Waals surface area contributed by atoms with Crippen LogP contribution in [0.25, 0.3) is 0 Å². The molecular weight excluding hydrogens is 350 g/mol. The molecule has 1 fully saturated rings. The molecule has 2 aliphatic rings. The third kappa shape index (κ3) is 3.52. The largest absolute Gasteiger partial charge is 0.469 e. The van der Waals surface area contributed by atoms with Crippen LogP contribution in [0.15, 0.2) is 23.4 Å². The molecule has 1 N–H and O–H groups in total. The Balaban J connectivity index is 1.68. The molecule has 140 valence electrons. The van der Waals surface area contributed by atoms with E-state index >= 15 is 0 Å². The molecule has 0 spiro atoms. The summed E-state index contributed by atoms with van der Waals surface area (Å²) in [5.41, 5.74) is -0.898. The van der Waals surface area contributed by atoms with Gasteiger partial charge in [-0.15, -0.1) is 0 Å². The van der Waals surface area contributed by atoms with Crippen molar-refractivity contribution >= 4 is 17.6 Å². The highest BCUT2D eigenvalue weighted by atomic mass is 19.1. The van der Waals surface area contributed by atoms with Gasteiger partial charge in [0.05, 0.1) is 32.1 Å². The number of nitrogens with zero attached hydrogens (tertiary/aromatic N) is 1. The SMILES string of the molecule is COC(=O)C1COCC1NC(=O)C1(C)CC(c2cc(F)cc(F)c2)=NO1. The van der Waals surface area contributed by atoms with E-state index in [9.17, 15) is 18.4 Å². The first-order valence-electron chi connectivity index (χ1n) is 8.00. The summed E-state index contributed by atoms with van der Waals surface area (Å²) in [6, 6.07) is 2.44. The zero-order valence-corrected chi connectivity index (χ0v) is 14.3. The maximum atomic E-state index is 13.4. The van der Waals surface area contributed by atoms with Gasteiger partial charge in [-0.25, -0.2) is 8.78 Å². The minimum Gasteiger partial charge on any atom is -0.469 e. The van der Waals surface area contributed by atoms with Crippen LogP contribution < -0.4 is 5.32 Å². The quantitative estimate of drug-likeness (QED) is 0.806. The van der Waals surface area contributed by atoms with Gasteiger partial charge in [-0.3, -0.25) is 9.59 Å². The number of benzene rings is 1. The number of carbonyl (C=O) groups excluding carboxylic acids is 2. The van der Waals surface area contributed by atoms with Gasteiger partial charge in [0, 0.05) is 18.1 Å². The fourth-order valence-electron chi connectivity index (χ4n) is 2.94. The maximum absolute atomic E-state index is 13.4. The predicted octanol–water partition coefficient (Wildman–Crippen LogP) is 1.15. The van der Waals surface area contributed by atoms with Gasteiger partial charge in [-0.1, -0.05) is 5.16 Å². The van der Waals surface area contributed by atoms with Gasteiger partial charge in [0.1, 0.15) is 17.6 Å². The Morgan fingerprint density at radius 1 is 1.27 bits per heavy atom. The van der Waals surface area contributed by atoms with Crippen molar-refractivity contribution in [2.75, 3.05) is 20.3 Å². The van der Waals surface area contributed by atoms with Gasteiger partial charge in [0.2, 0.25) is 5.60 Å². The molecule has 1 amide bonds. The summed E-state index contributed by atoms with van der Waals surface area (Å²) in [4.78, 5) is 29.6. The molecule has 26 heavy (non-hydrogen) atoms. The molecule has 0 bridgehead atoms. The second kappa shape index (κ2) is 6.99. The van der Waals surface area contributed by atoms with E-state index in [1.807, 2.05) is 0 Å².